The SMILES string of the molecule is CCCC(=O)Oc1cccc(O)c1NC(=O)c1ccc(C2CCCCC2)cc1. The first-order chi connectivity index (χ1) is 13.6. The Hall–Kier alpha value is -2.82. The van der Waals surface area contributed by atoms with Gasteiger partial charge in [0, 0.05) is 12.0 Å². The van der Waals surface area contributed by atoms with E-state index in [1.807, 2.05) is 31.2 Å². The van der Waals surface area contributed by atoms with Gasteiger partial charge in [-0.15, -0.1) is 0 Å². The molecule has 0 aromatic heterocycles. The van der Waals surface area contributed by atoms with Crippen molar-refractivity contribution in [1.82, 2.24) is 0 Å². The van der Waals surface area contributed by atoms with Crippen LogP contribution in [-0.2, 0) is 4.79 Å². The molecule has 1 saturated carbocycles. The number of para-hydroxylation sites is 1. The summed E-state index contributed by atoms with van der Waals surface area (Å²) in [7, 11) is 0. The Bertz CT molecular complexity index is 823. The van der Waals surface area contributed by atoms with Gasteiger partial charge in [0.05, 0.1) is 0 Å². The number of carbonyl (C=O) groups excluding carboxylic acids is 2. The molecule has 0 atom stereocenters. The van der Waals surface area contributed by atoms with Gasteiger partial charge in [0.2, 0.25) is 0 Å². The van der Waals surface area contributed by atoms with Crippen LogP contribution in [0, 0.1) is 0 Å². The predicted molar refractivity (Wildman–Crippen MR) is 109 cm³/mol. The van der Waals surface area contributed by atoms with Crippen LogP contribution < -0.4 is 10.1 Å². The molecule has 5 heteroatoms. The van der Waals surface area contributed by atoms with Crippen molar-refractivity contribution < 1.29 is 19.4 Å². The van der Waals surface area contributed by atoms with Crippen molar-refractivity contribution in [3.05, 3.63) is 53.6 Å². The van der Waals surface area contributed by atoms with Gasteiger partial charge in [-0.2, -0.15) is 0 Å². The topological polar surface area (TPSA) is 75.6 Å². The van der Waals surface area contributed by atoms with Crippen molar-refractivity contribution in [2.75, 3.05) is 5.32 Å². The molecular weight excluding hydrogens is 354 g/mol. The van der Waals surface area contributed by atoms with Crippen molar-refractivity contribution >= 4 is 17.6 Å². The van der Waals surface area contributed by atoms with Crippen LogP contribution in [0.2, 0.25) is 0 Å². The van der Waals surface area contributed by atoms with E-state index in [4.69, 9.17) is 4.74 Å². The number of ether oxygens (including phenoxy) is 1. The van der Waals surface area contributed by atoms with Crippen LogP contribution >= 0.6 is 0 Å². The minimum Gasteiger partial charge on any atom is -0.506 e. The third-order valence-electron chi connectivity index (χ3n) is 5.17. The molecule has 1 aliphatic rings. The highest BCUT2D eigenvalue weighted by Crippen LogP contribution is 2.35. The predicted octanol–water partition coefficient (Wildman–Crippen LogP) is 5.40. The van der Waals surface area contributed by atoms with E-state index in [0.29, 0.717) is 17.9 Å². The van der Waals surface area contributed by atoms with E-state index >= 15 is 0 Å². The normalized spacial score (nSPS) is 14.5. The number of hydrogen-bond donors (Lipinski definition) is 2. The number of phenolic OH excluding ortho intramolecular Hbond substituents is 1. The van der Waals surface area contributed by atoms with Gasteiger partial charge in [0.1, 0.15) is 11.4 Å². The fraction of sp³-hybridized carbons (Fsp3) is 0.391. The minimum absolute atomic E-state index is 0.105. The summed E-state index contributed by atoms with van der Waals surface area (Å²) in [5, 5.41) is 12.8. The molecule has 1 fully saturated rings. The van der Waals surface area contributed by atoms with Gasteiger partial charge in [0.25, 0.3) is 5.91 Å². The van der Waals surface area contributed by atoms with E-state index in [9.17, 15) is 14.7 Å². The van der Waals surface area contributed by atoms with Gasteiger partial charge in [-0.25, -0.2) is 0 Å². The first-order valence-corrected chi connectivity index (χ1v) is 10.0. The van der Waals surface area contributed by atoms with E-state index < -0.39 is 5.97 Å². The summed E-state index contributed by atoms with van der Waals surface area (Å²) < 4.78 is 5.29. The zero-order chi connectivity index (χ0) is 19.9. The zero-order valence-corrected chi connectivity index (χ0v) is 16.2. The van der Waals surface area contributed by atoms with Crippen LogP contribution in [0.25, 0.3) is 0 Å². The third-order valence-corrected chi connectivity index (χ3v) is 5.17. The number of esters is 1. The average Bonchev–Trinajstić information content (AvgIpc) is 2.71. The van der Waals surface area contributed by atoms with Crippen LogP contribution in [-0.4, -0.2) is 17.0 Å². The van der Waals surface area contributed by atoms with Gasteiger partial charge in [-0.1, -0.05) is 44.4 Å². The Morgan fingerprint density at radius 3 is 2.46 bits per heavy atom. The summed E-state index contributed by atoms with van der Waals surface area (Å²) in [6.07, 6.45) is 7.17. The number of benzene rings is 2. The molecule has 2 aromatic rings. The van der Waals surface area contributed by atoms with Crippen LogP contribution in [0.5, 0.6) is 11.5 Å². The maximum Gasteiger partial charge on any atom is 0.311 e. The summed E-state index contributed by atoms with van der Waals surface area (Å²) in [6.45, 7) is 1.88. The monoisotopic (exact) mass is 381 g/mol. The average molecular weight is 381 g/mol. The second kappa shape index (κ2) is 9.40. The molecule has 148 valence electrons. The molecular formula is C23H27NO4. The molecule has 5 nitrogen and oxygen atoms in total. The molecule has 2 N–H and O–H groups in total. The summed E-state index contributed by atoms with van der Waals surface area (Å²) in [4.78, 5) is 24.5. The summed E-state index contributed by atoms with van der Waals surface area (Å²) in [6, 6.07) is 12.2. The molecule has 28 heavy (non-hydrogen) atoms. The number of aromatic hydroxyl groups is 1. The lowest BCUT2D eigenvalue weighted by Gasteiger charge is -2.22. The van der Waals surface area contributed by atoms with Crippen molar-refractivity contribution in [1.29, 1.82) is 0 Å². The maximum atomic E-state index is 12.7. The highest BCUT2D eigenvalue weighted by molar-refractivity contribution is 6.06. The summed E-state index contributed by atoms with van der Waals surface area (Å²) in [5.41, 5.74) is 1.87. The smallest absolute Gasteiger partial charge is 0.311 e. The van der Waals surface area contributed by atoms with Gasteiger partial charge in [-0.05, 0) is 55.0 Å². The van der Waals surface area contributed by atoms with Crippen molar-refractivity contribution in [2.45, 2.75) is 57.8 Å². The Morgan fingerprint density at radius 2 is 1.79 bits per heavy atom. The molecule has 2 aromatic carbocycles. The molecule has 1 aliphatic carbocycles. The van der Waals surface area contributed by atoms with Gasteiger partial charge >= 0.3 is 5.97 Å². The number of nitrogens with one attached hydrogen (secondary N) is 1. The Labute approximate surface area is 165 Å². The van der Waals surface area contributed by atoms with Crippen LogP contribution in [0.4, 0.5) is 5.69 Å². The number of phenols is 1. The lowest BCUT2D eigenvalue weighted by molar-refractivity contribution is -0.134. The van der Waals surface area contributed by atoms with Gasteiger partial charge < -0.3 is 15.2 Å². The van der Waals surface area contributed by atoms with Gasteiger partial charge in [0.15, 0.2) is 5.75 Å². The zero-order valence-electron chi connectivity index (χ0n) is 16.2. The van der Waals surface area contributed by atoms with E-state index in [1.54, 1.807) is 12.1 Å². The number of hydrogen-bond acceptors (Lipinski definition) is 4. The maximum absolute atomic E-state index is 12.7. The van der Waals surface area contributed by atoms with E-state index in [0.717, 1.165) is 0 Å². The molecule has 0 saturated heterocycles. The van der Waals surface area contributed by atoms with Crippen molar-refractivity contribution in [2.24, 2.45) is 0 Å². The van der Waals surface area contributed by atoms with Crippen molar-refractivity contribution in [3.8, 4) is 11.5 Å². The highest BCUT2D eigenvalue weighted by Gasteiger charge is 2.18. The second-order valence-electron chi connectivity index (χ2n) is 7.29. The Kier molecular flexibility index (Phi) is 6.69. The molecule has 3 rings (SSSR count). The molecule has 0 bridgehead atoms. The lowest BCUT2D eigenvalue weighted by atomic mass is 9.84. The fourth-order valence-corrected chi connectivity index (χ4v) is 3.64. The van der Waals surface area contributed by atoms with Crippen LogP contribution in [0.15, 0.2) is 42.5 Å². The number of carbonyl (C=O) groups is 2. The van der Waals surface area contributed by atoms with Crippen LogP contribution in [0.3, 0.4) is 0 Å². The first kappa shape index (κ1) is 19.9. The van der Waals surface area contributed by atoms with E-state index in [2.05, 4.69) is 5.32 Å². The first-order valence-electron chi connectivity index (χ1n) is 10.0. The second-order valence-corrected chi connectivity index (χ2v) is 7.29. The molecule has 0 spiro atoms. The number of anilines is 1. The molecule has 0 heterocycles. The summed E-state index contributed by atoms with van der Waals surface area (Å²) in [5.74, 6) is -0.182. The van der Waals surface area contributed by atoms with E-state index in [1.165, 1.54) is 43.7 Å². The minimum atomic E-state index is -0.402. The molecule has 0 radical (unpaired) electrons. The standard InChI is InChI=1S/C23H27NO4/c1-2-7-21(26)28-20-11-6-10-19(25)22(20)24-23(27)18-14-12-17(13-15-18)16-8-4-3-5-9-16/h6,10-16,25H,2-5,7-9H2,1H3,(H,24,27). The van der Waals surface area contributed by atoms with Crippen molar-refractivity contribution in [3.63, 3.8) is 0 Å². The van der Waals surface area contributed by atoms with E-state index in [-0.39, 0.29) is 29.5 Å². The lowest BCUT2D eigenvalue weighted by Crippen LogP contribution is -2.15. The molecule has 0 aliphatic heterocycles. The molecule has 0 unspecified atom stereocenters. The van der Waals surface area contributed by atoms with Gasteiger partial charge in [-0.3, -0.25) is 9.59 Å². The summed E-state index contributed by atoms with van der Waals surface area (Å²) >= 11 is 0. The number of rotatable bonds is 6. The highest BCUT2D eigenvalue weighted by atomic mass is 16.5. The molecule has 1 amide bonds. The largest absolute Gasteiger partial charge is 0.506 e. The number of amides is 1. The van der Waals surface area contributed by atoms with Crippen LogP contribution in [0.1, 0.15) is 73.7 Å². The fourth-order valence-electron chi connectivity index (χ4n) is 3.64. The quantitative estimate of drug-likeness (QED) is 0.399. The Morgan fingerprint density at radius 1 is 1.07 bits per heavy atom. The third kappa shape index (κ3) is 4.91. The Balaban J connectivity index is 1.73.